The Morgan fingerprint density at radius 2 is 2.06 bits per heavy atom. The number of nitrogen functional groups attached to an aromatic ring is 1. The molecule has 6 heteroatoms. The Labute approximate surface area is 108 Å². The highest BCUT2D eigenvalue weighted by Gasteiger charge is 2.18. The van der Waals surface area contributed by atoms with Crippen LogP contribution in [0, 0.1) is 5.41 Å². The molecule has 0 spiro atoms. The van der Waals surface area contributed by atoms with E-state index in [0.717, 1.165) is 19.6 Å². The molecule has 0 bridgehead atoms. The summed E-state index contributed by atoms with van der Waals surface area (Å²) < 4.78 is 10.1. The number of nitrogens with two attached hydrogens (primary N) is 1. The summed E-state index contributed by atoms with van der Waals surface area (Å²) in [6, 6.07) is 0. The van der Waals surface area contributed by atoms with E-state index < -0.39 is 0 Å². The van der Waals surface area contributed by atoms with E-state index in [0.29, 0.717) is 17.4 Å². The predicted octanol–water partition coefficient (Wildman–Crippen LogP) is 1.54. The minimum Gasteiger partial charge on any atom is -0.479 e. The van der Waals surface area contributed by atoms with E-state index >= 15 is 0 Å². The van der Waals surface area contributed by atoms with Gasteiger partial charge in [-0.3, -0.25) is 0 Å². The molecule has 0 saturated heterocycles. The average molecular weight is 254 g/mol. The summed E-state index contributed by atoms with van der Waals surface area (Å²) in [6.07, 6.45) is 2.39. The minimum absolute atomic E-state index is 0.0979. The molecule has 0 amide bonds. The molecule has 0 aliphatic heterocycles. The van der Waals surface area contributed by atoms with Crippen LogP contribution in [-0.2, 0) is 4.74 Å². The molecule has 18 heavy (non-hydrogen) atoms. The second kappa shape index (κ2) is 6.39. The van der Waals surface area contributed by atoms with E-state index in [1.807, 2.05) is 0 Å². The second-order valence-electron chi connectivity index (χ2n) is 4.91. The first kappa shape index (κ1) is 14.5. The molecular weight excluding hydrogens is 232 g/mol. The molecule has 0 unspecified atom stereocenters. The lowest BCUT2D eigenvalue weighted by Crippen LogP contribution is -2.25. The summed E-state index contributed by atoms with van der Waals surface area (Å²) in [4.78, 5) is 8.04. The largest absolute Gasteiger partial charge is 0.479 e. The van der Waals surface area contributed by atoms with Crippen molar-refractivity contribution in [3.63, 3.8) is 0 Å². The fraction of sp³-hybridized carbons (Fsp3) is 0.667. The Balaban J connectivity index is 2.63. The van der Waals surface area contributed by atoms with Crippen molar-refractivity contribution in [2.24, 2.45) is 5.41 Å². The second-order valence-corrected chi connectivity index (χ2v) is 4.91. The fourth-order valence-electron chi connectivity index (χ4n) is 1.47. The highest BCUT2D eigenvalue weighted by Crippen LogP contribution is 2.26. The van der Waals surface area contributed by atoms with Crippen molar-refractivity contribution in [1.29, 1.82) is 0 Å². The molecular formula is C12H22N4O2. The van der Waals surface area contributed by atoms with Gasteiger partial charge in [0.1, 0.15) is 12.0 Å². The first-order chi connectivity index (χ1) is 8.50. The molecule has 1 aromatic rings. The van der Waals surface area contributed by atoms with Crippen LogP contribution in [-0.4, -0.2) is 37.3 Å². The van der Waals surface area contributed by atoms with Crippen LogP contribution in [0.2, 0.25) is 0 Å². The first-order valence-electron chi connectivity index (χ1n) is 5.87. The third kappa shape index (κ3) is 4.03. The van der Waals surface area contributed by atoms with Crippen molar-refractivity contribution in [2.45, 2.75) is 20.3 Å². The number of hydrogen-bond donors (Lipinski definition) is 2. The molecule has 0 radical (unpaired) electrons. The highest BCUT2D eigenvalue weighted by molar-refractivity contribution is 5.66. The lowest BCUT2D eigenvalue weighted by Gasteiger charge is -2.25. The zero-order chi connectivity index (χ0) is 13.6. The van der Waals surface area contributed by atoms with Gasteiger partial charge in [0.2, 0.25) is 5.88 Å². The lowest BCUT2D eigenvalue weighted by atomic mass is 9.90. The Kier molecular flexibility index (Phi) is 5.15. The quantitative estimate of drug-likeness (QED) is 0.768. The van der Waals surface area contributed by atoms with Crippen molar-refractivity contribution < 1.29 is 9.47 Å². The summed E-state index contributed by atoms with van der Waals surface area (Å²) in [6.45, 7) is 5.80. The van der Waals surface area contributed by atoms with E-state index in [-0.39, 0.29) is 5.41 Å². The van der Waals surface area contributed by atoms with E-state index in [4.69, 9.17) is 15.2 Å². The molecule has 0 aromatic carbocycles. The Morgan fingerprint density at radius 3 is 2.67 bits per heavy atom. The Hall–Kier alpha value is -1.56. The molecule has 3 N–H and O–H groups in total. The Morgan fingerprint density at radius 1 is 1.33 bits per heavy atom. The molecule has 0 aliphatic carbocycles. The van der Waals surface area contributed by atoms with Gasteiger partial charge in [-0.1, -0.05) is 13.8 Å². The maximum absolute atomic E-state index is 5.89. The van der Waals surface area contributed by atoms with Crippen molar-refractivity contribution in [2.75, 3.05) is 38.4 Å². The van der Waals surface area contributed by atoms with Crippen molar-refractivity contribution in [3.05, 3.63) is 6.33 Å². The van der Waals surface area contributed by atoms with Crippen LogP contribution < -0.4 is 15.8 Å². The normalized spacial score (nSPS) is 11.3. The van der Waals surface area contributed by atoms with Gasteiger partial charge in [0.05, 0.1) is 7.11 Å². The van der Waals surface area contributed by atoms with Crippen LogP contribution in [0.25, 0.3) is 0 Å². The zero-order valence-electron chi connectivity index (χ0n) is 11.5. The molecule has 102 valence electrons. The smallest absolute Gasteiger partial charge is 0.242 e. The van der Waals surface area contributed by atoms with Gasteiger partial charge in [-0.25, -0.2) is 4.98 Å². The van der Waals surface area contributed by atoms with Gasteiger partial charge in [0.15, 0.2) is 5.82 Å². The van der Waals surface area contributed by atoms with Crippen molar-refractivity contribution >= 4 is 11.5 Å². The average Bonchev–Trinajstić information content (AvgIpc) is 2.35. The summed E-state index contributed by atoms with van der Waals surface area (Å²) in [5.74, 6) is 0.995. The third-order valence-electron chi connectivity index (χ3n) is 2.76. The zero-order valence-corrected chi connectivity index (χ0v) is 11.5. The standard InChI is InChI=1S/C12H22N4O2/c1-12(2,5-6-17-3)7-14-10-9(13)11(18-4)16-8-15-10/h8H,5-7,13H2,1-4H3,(H,14,15,16). The van der Waals surface area contributed by atoms with Gasteiger partial charge < -0.3 is 20.5 Å². The number of methoxy groups -OCH3 is 2. The molecule has 1 heterocycles. The SMILES string of the molecule is COCCC(C)(C)CNc1ncnc(OC)c1N. The van der Waals surface area contributed by atoms with Crippen LogP contribution in [0.3, 0.4) is 0 Å². The van der Waals surface area contributed by atoms with Crippen LogP contribution in [0.4, 0.5) is 11.5 Å². The number of hydrogen-bond acceptors (Lipinski definition) is 6. The summed E-state index contributed by atoms with van der Waals surface area (Å²) in [7, 11) is 3.24. The number of anilines is 2. The fourth-order valence-corrected chi connectivity index (χ4v) is 1.47. The molecule has 0 saturated carbocycles. The number of nitrogens with one attached hydrogen (secondary N) is 1. The monoisotopic (exact) mass is 254 g/mol. The van der Waals surface area contributed by atoms with Crippen LogP contribution in [0.15, 0.2) is 6.33 Å². The lowest BCUT2D eigenvalue weighted by molar-refractivity contribution is 0.157. The van der Waals surface area contributed by atoms with Gasteiger partial charge >= 0.3 is 0 Å². The molecule has 1 aromatic heterocycles. The van der Waals surface area contributed by atoms with Crippen LogP contribution in [0.1, 0.15) is 20.3 Å². The predicted molar refractivity (Wildman–Crippen MR) is 71.8 cm³/mol. The number of ether oxygens (including phenoxy) is 2. The maximum atomic E-state index is 5.89. The van der Waals surface area contributed by atoms with Gasteiger partial charge in [0.25, 0.3) is 0 Å². The third-order valence-corrected chi connectivity index (χ3v) is 2.76. The van der Waals surface area contributed by atoms with Gasteiger partial charge in [0, 0.05) is 20.3 Å². The van der Waals surface area contributed by atoms with Gasteiger partial charge in [-0.2, -0.15) is 4.98 Å². The molecule has 0 fully saturated rings. The maximum Gasteiger partial charge on any atom is 0.242 e. The van der Waals surface area contributed by atoms with Crippen molar-refractivity contribution in [1.82, 2.24) is 9.97 Å². The molecule has 0 atom stereocenters. The van der Waals surface area contributed by atoms with E-state index in [1.54, 1.807) is 7.11 Å². The van der Waals surface area contributed by atoms with Gasteiger partial charge in [-0.05, 0) is 11.8 Å². The molecule has 1 rings (SSSR count). The summed E-state index contributed by atoms with van der Waals surface area (Å²) in [5.41, 5.74) is 6.42. The van der Waals surface area contributed by atoms with Gasteiger partial charge in [-0.15, -0.1) is 0 Å². The highest BCUT2D eigenvalue weighted by atomic mass is 16.5. The first-order valence-corrected chi connectivity index (χ1v) is 5.87. The molecule has 6 nitrogen and oxygen atoms in total. The van der Waals surface area contributed by atoms with Crippen LogP contribution >= 0.6 is 0 Å². The summed E-state index contributed by atoms with van der Waals surface area (Å²) in [5, 5.41) is 3.23. The summed E-state index contributed by atoms with van der Waals surface area (Å²) >= 11 is 0. The van der Waals surface area contributed by atoms with E-state index in [1.165, 1.54) is 13.4 Å². The van der Waals surface area contributed by atoms with E-state index in [9.17, 15) is 0 Å². The number of nitrogens with zero attached hydrogens (tertiary/aromatic N) is 2. The number of aromatic nitrogens is 2. The van der Waals surface area contributed by atoms with Crippen molar-refractivity contribution in [3.8, 4) is 5.88 Å². The van der Waals surface area contributed by atoms with E-state index in [2.05, 4.69) is 29.1 Å². The minimum atomic E-state index is 0.0979. The van der Waals surface area contributed by atoms with Crippen LogP contribution in [0.5, 0.6) is 5.88 Å². The Bertz CT molecular complexity index is 382. The topological polar surface area (TPSA) is 82.3 Å². The number of rotatable bonds is 7. The molecule has 0 aliphatic rings.